The third-order valence-electron chi connectivity index (χ3n) is 3.88. The van der Waals surface area contributed by atoms with Crippen molar-refractivity contribution in [1.29, 1.82) is 0 Å². The second kappa shape index (κ2) is 11.3. The van der Waals surface area contributed by atoms with Gasteiger partial charge in [0.2, 0.25) is 0 Å². The molecule has 26 heavy (non-hydrogen) atoms. The molecule has 1 amide bonds. The number of nitrogens with zero attached hydrogens (tertiary/aromatic N) is 2. The normalized spacial score (nSPS) is 18.3. The molecule has 1 rings (SSSR count). The van der Waals surface area contributed by atoms with Crippen molar-refractivity contribution in [3.8, 4) is 0 Å². The molecule has 1 aliphatic heterocycles. The number of carbonyl (C=O) groups is 1. The van der Waals surface area contributed by atoms with Crippen LogP contribution in [0.25, 0.3) is 0 Å². The fraction of sp³-hybridized carbons (Fsp3) is 0.895. The number of guanidine groups is 1. The number of ether oxygens (including phenoxy) is 2. The second-order valence-corrected chi connectivity index (χ2v) is 8.11. The Labute approximate surface area is 158 Å². The molecular weight excluding hydrogens is 332 g/mol. The van der Waals surface area contributed by atoms with Gasteiger partial charge >= 0.3 is 6.09 Å². The summed E-state index contributed by atoms with van der Waals surface area (Å²) in [5, 5.41) is 6.27. The predicted octanol–water partition coefficient (Wildman–Crippen LogP) is 2.61. The number of nitrogens with one attached hydrogen (secondary N) is 2. The van der Waals surface area contributed by atoms with Crippen LogP contribution in [0.5, 0.6) is 0 Å². The number of likely N-dealkylation sites (tertiary alicyclic amines) is 1. The summed E-state index contributed by atoms with van der Waals surface area (Å²) in [5.74, 6) is 1.54. The maximum Gasteiger partial charge on any atom is 0.407 e. The summed E-state index contributed by atoms with van der Waals surface area (Å²) < 4.78 is 11.0. The van der Waals surface area contributed by atoms with Crippen molar-refractivity contribution in [2.45, 2.75) is 66.0 Å². The summed E-state index contributed by atoms with van der Waals surface area (Å²) in [4.78, 5) is 18.8. The van der Waals surface area contributed by atoms with Crippen molar-refractivity contribution in [2.24, 2.45) is 10.9 Å². The van der Waals surface area contributed by atoms with E-state index in [1.165, 1.54) is 0 Å². The van der Waals surface area contributed by atoms with Crippen LogP contribution in [0.1, 0.15) is 54.4 Å². The maximum absolute atomic E-state index is 11.9. The molecule has 0 saturated carbocycles. The molecule has 7 heteroatoms. The Kier molecular flexibility index (Phi) is 9.76. The lowest BCUT2D eigenvalue weighted by molar-refractivity contribution is 0.0507. The van der Waals surface area contributed by atoms with Crippen molar-refractivity contribution in [1.82, 2.24) is 15.5 Å². The Morgan fingerprint density at radius 2 is 2.04 bits per heavy atom. The molecule has 0 spiro atoms. The minimum absolute atomic E-state index is 0.0796. The lowest BCUT2D eigenvalue weighted by atomic mass is 10.1. The Morgan fingerprint density at radius 3 is 2.65 bits per heavy atom. The molecule has 1 heterocycles. The van der Waals surface area contributed by atoms with Crippen LogP contribution in [-0.2, 0) is 9.47 Å². The van der Waals surface area contributed by atoms with Crippen molar-refractivity contribution in [3.05, 3.63) is 0 Å². The average Bonchev–Trinajstić information content (AvgIpc) is 2.95. The van der Waals surface area contributed by atoms with Gasteiger partial charge in [-0.3, -0.25) is 4.99 Å². The van der Waals surface area contributed by atoms with E-state index in [4.69, 9.17) is 9.47 Å². The summed E-state index contributed by atoms with van der Waals surface area (Å²) in [7, 11) is 0. The number of aliphatic imine (C=N–C) groups is 1. The number of rotatable bonds is 8. The molecule has 0 aromatic rings. The van der Waals surface area contributed by atoms with Gasteiger partial charge in [0, 0.05) is 26.2 Å². The number of carbonyl (C=O) groups excluding carboxylic acids is 1. The van der Waals surface area contributed by atoms with Gasteiger partial charge in [-0.2, -0.15) is 0 Å². The number of hydrogen-bond donors (Lipinski definition) is 2. The molecule has 1 aliphatic rings. The van der Waals surface area contributed by atoms with Gasteiger partial charge in [0.05, 0.1) is 19.2 Å². The maximum atomic E-state index is 11.9. The summed E-state index contributed by atoms with van der Waals surface area (Å²) in [6.45, 7) is 16.5. The zero-order chi connectivity index (χ0) is 19.6. The van der Waals surface area contributed by atoms with E-state index in [9.17, 15) is 4.79 Å². The molecule has 0 aromatic carbocycles. The standard InChI is InChI=1S/C19H38N4O3/c1-7-20-17(21-10-13-25-12-9-15(2)3)23-11-8-16(14-23)22-18(24)26-19(4,5)6/h15-16H,7-14H2,1-6H3,(H,20,21)(H,22,24). The van der Waals surface area contributed by atoms with Gasteiger partial charge < -0.3 is 25.0 Å². The molecule has 2 N–H and O–H groups in total. The first-order valence-electron chi connectivity index (χ1n) is 9.81. The third-order valence-corrected chi connectivity index (χ3v) is 3.88. The smallest absolute Gasteiger partial charge is 0.407 e. The molecule has 0 aromatic heterocycles. The van der Waals surface area contributed by atoms with Crippen LogP contribution in [0.3, 0.4) is 0 Å². The van der Waals surface area contributed by atoms with Crippen LogP contribution in [-0.4, -0.2) is 68.0 Å². The van der Waals surface area contributed by atoms with E-state index in [1.807, 2.05) is 20.8 Å². The first-order chi connectivity index (χ1) is 12.2. The van der Waals surface area contributed by atoms with E-state index in [-0.39, 0.29) is 12.1 Å². The quantitative estimate of drug-likeness (QED) is 0.390. The average molecular weight is 371 g/mol. The lowest BCUT2D eigenvalue weighted by Gasteiger charge is -2.23. The highest BCUT2D eigenvalue weighted by Gasteiger charge is 2.27. The molecule has 1 fully saturated rings. The fourth-order valence-corrected chi connectivity index (χ4v) is 2.61. The molecule has 152 valence electrons. The van der Waals surface area contributed by atoms with E-state index >= 15 is 0 Å². The van der Waals surface area contributed by atoms with E-state index < -0.39 is 5.60 Å². The van der Waals surface area contributed by atoms with E-state index in [1.54, 1.807) is 0 Å². The Hall–Kier alpha value is -1.50. The van der Waals surface area contributed by atoms with Crippen molar-refractivity contribution in [2.75, 3.05) is 39.4 Å². The highest BCUT2D eigenvalue weighted by atomic mass is 16.6. The van der Waals surface area contributed by atoms with Crippen LogP contribution in [0.15, 0.2) is 4.99 Å². The monoisotopic (exact) mass is 370 g/mol. The topological polar surface area (TPSA) is 75.2 Å². The first kappa shape index (κ1) is 22.5. The zero-order valence-electron chi connectivity index (χ0n) is 17.4. The molecule has 0 aliphatic carbocycles. The molecule has 7 nitrogen and oxygen atoms in total. The van der Waals surface area contributed by atoms with Crippen LogP contribution in [0, 0.1) is 5.92 Å². The number of amides is 1. The molecule has 1 unspecified atom stereocenters. The summed E-state index contributed by atoms with van der Waals surface area (Å²) >= 11 is 0. The summed E-state index contributed by atoms with van der Waals surface area (Å²) in [5.41, 5.74) is -0.478. The van der Waals surface area contributed by atoms with Crippen molar-refractivity contribution in [3.63, 3.8) is 0 Å². The minimum atomic E-state index is -0.478. The largest absolute Gasteiger partial charge is 0.444 e. The zero-order valence-corrected chi connectivity index (χ0v) is 17.4. The molecular formula is C19H38N4O3. The van der Waals surface area contributed by atoms with Gasteiger partial charge in [-0.1, -0.05) is 13.8 Å². The SMILES string of the molecule is CCNC(=NCCOCCC(C)C)N1CCC(NC(=O)OC(C)(C)C)C1. The minimum Gasteiger partial charge on any atom is -0.444 e. The Balaban J connectivity index is 2.40. The Bertz CT molecular complexity index is 447. The number of alkyl carbamates (subject to hydrolysis) is 1. The van der Waals surface area contributed by atoms with Gasteiger partial charge in [-0.25, -0.2) is 4.79 Å². The van der Waals surface area contributed by atoms with Gasteiger partial charge in [0.25, 0.3) is 0 Å². The predicted molar refractivity (Wildman–Crippen MR) is 106 cm³/mol. The van der Waals surface area contributed by atoms with E-state index in [0.717, 1.165) is 45.0 Å². The highest BCUT2D eigenvalue weighted by Crippen LogP contribution is 2.12. The molecule has 1 atom stereocenters. The van der Waals surface area contributed by atoms with Crippen LogP contribution in [0.4, 0.5) is 4.79 Å². The molecule has 1 saturated heterocycles. The van der Waals surface area contributed by atoms with Gasteiger partial charge in [-0.15, -0.1) is 0 Å². The van der Waals surface area contributed by atoms with Gasteiger partial charge in [0.15, 0.2) is 5.96 Å². The fourth-order valence-electron chi connectivity index (χ4n) is 2.61. The number of hydrogen-bond acceptors (Lipinski definition) is 4. The van der Waals surface area contributed by atoms with Crippen LogP contribution < -0.4 is 10.6 Å². The van der Waals surface area contributed by atoms with Gasteiger partial charge in [0.1, 0.15) is 5.60 Å². The van der Waals surface area contributed by atoms with E-state index in [2.05, 4.69) is 41.3 Å². The Morgan fingerprint density at radius 1 is 1.31 bits per heavy atom. The lowest BCUT2D eigenvalue weighted by Crippen LogP contribution is -2.44. The van der Waals surface area contributed by atoms with Gasteiger partial charge in [-0.05, 0) is 46.5 Å². The molecule has 0 radical (unpaired) electrons. The third kappa shape index (κ3) is 9.85. The van der Waals surface area contributed by atoms with Crippen molar-refractivity contribution < 1.29 is 14.3 Å². The van der Waals surface area contributed by atoms with Crippen molar-refractivity contribution >= 4 is 12.1 Å². The van der Waals surface area contributed by atoms with Crippen LogP contribution in [0.2, 0.25) is 0 Å². The first-order valence-corrected chi connectivity index (χ1v) is 9.81. The molecule has 0 bridgehead atoms. The van der Waals surface area contributed by atoms with E-state index in [0.29, 0.717) is 19.1 Å². The second-order valence-electron chi connectivity index (χ2n) is 8.11. The van der Waals surface area contributed by atoms with Crippen LogP contribution >= 0.6 is 0 Å². The summed E-state index contributed by atoms with van der Waals surface area (Å²) in [6, 6.07) is 0.0796. The highest BCUT2D eigenvalue weighted by molar-refractivity contribution is 5.80. The summed E-state index contributed by atoms with van der Waals surface area (Å²) in [6.07, 6.45) is 1.60.